The van der Waals surface area contributed by atoms with Gasteiger partial charge in [-0.05, 0) is 37.1 Å². The van der Waals surface area contributed by atoms with Gasteiger partial charge in [-0.3, -0.25) is 9.78 Å². The maximum Gasteiger partial charge on any atom is 0.236 e. The number of fused-ring (bicyclic) bond motifs is 3. The average molecular weight is 384 g/mol. The Morgan fingerprint density at radius 1 is 1.31 bits per heavy atom. The van der Waals surface area contributed by atoms with Crippen molar-refractivity contribution in [1.29, 1.82) is 5.26 Å². The number of piperidine rings is 1. The molecule has 7 nitrogen and oxygen atoms in total. The van der Waals surface area contributed by atoms with Gasteiger partial charge in [0.05, 0.1) is 29.0 Å². The van der Waals surface area contributed by atoms with Crippen LogP contribution in [0, 0.1) is 11.3 Å². The minimum absolute atomic E-state index is 0.0712. The van der Waals surface area contributed by atoms with Crippen LogP contribution < -0.4 is 0 Å². The molecule has 4 aromatic rings. The molecule has 1 amide bonds. The predicted molar refractivity (Wildman–Crippen MR) is 110 cm³/mol. The number of pyridine rings is 2. The zero-order valence-electron chi connectivity index (χ0n) is 15.9. The Hall–Kier alpha value is -3.66. The highest BCUT2D eigenvalue weighted by Gasteiger charge is 2.28. The summed E-state index contributed by atoms with van der Waals surface area (Å²) in [6.07, 6.45) is 7.39. The van der Waals surface area contributed by atoms with Crippen LogP contribution in [0.2, 0.25) is 0 Å². The van der Waals surface area contributed by atoms with E-state index in [1.54, 1.807) is 6.20 Å². The first-order valence-electron chi connectivity index (χ1n) is 9.79. The van der Waals surface area contributed by atoms with E-state index in [1.807, 2.05) is 47.6 Å². The van der Waals surface area contributed by atoms with Crippen molar-refractivity contribution in [2.75, 3.05) is 13.1 Å². The fraction of sp³-hybridized carbons (Fsp3) is 0.273. The van der Waals surface area contributed by atoms with E-state index in [2.05, 4.69) is 25.6 Å². The fourth-order valence-electron chi connectivity index (χ4n) is 4.38. The molecule has 0 aliphatic carbocycles. The first-order valence-corrected chi connectivity index (χ1v) is 9.79. The predicted octanol–water partition coefficient (Wildman–Crippen LogP) is 3.66. The molecule has 0 spiro atoms. The van der Waals surface area contributed by atoms with E-state index < -0.39 is 0 Å². The standard InChI is InChI=1S/C22H20N6O/c23-8-6-20(29)27-11-3-4-16(14-27)28-19(18-5-1-2-9-24-18)12-15-13-26-22-17(21(15)28)7-10-25-22/h1-2,5,7,9-10,12-13,16H,3-4,6,11,14H2,(H,25,26)/t16-/m1/s1. The third kappa shape index (κ3) is 2.93. The maximum atomic E-state index is 12.4. The first-order chi connectivity index (χ1) is 14.3. The average Bonchev–Trinajstić information content (AvgIpc) is 3.39. The van der Waals surface area contributed by atoms with E-state index in [1.165, 1.54) is 0 Å². The van der Waals surface area contributed by atoms with E-state index >= 15 is 0 Å². The Morgan fingerprint density at radius 2 is 2.24 bits per heavy atom. The number of hydrogen-bond acceptors (Lipinski definition) is 4. The van der Waals surface area contributed by atoms with E-state index in [0.29, 0.717) is 13.1 Å². The van der Waals surface area contributed by atoms with Crippen molar-refractivity contribution in [2.24, 2.45) is 0 Å². The van der Waals surface area contributed by atoms with E-state index in [-0.39, 0.29) is 18.4 Å². The fourth-order valence-corrected chi connectivity index (χ4v) is 4.38. The Balaban J connectivity index is 1.69. The summed E-state index contributed by atoms with van der Waals surface area (Å²) < 4.78 is 2.32. The van der Waals surface area contributed by atoms with Crippen LogP contribution in [0.4, 0.5) is 0 Å². The molecule has 4 aromatic heterocycles. The Labute approximate surface area is 167 Å². The molecule has 1 saturated heterocycles. The van der Waals surface area contributed by atoms with Crippen LogP contribution in [0.3, 0.4) is 0 Å². The lowest BCUT2D eigenvalue weighted by molar-refractivity contribution is -0.131. The molecule has 0 unspecified atom stereocenters. The van der Waals surface area contributed by atoms with E-state index in [0.717, 1.165) is 46.2 Å². The number of aromatic amines is 1. The highest BCUT2D eigenvalue weighted by atomic mass is 16.2. The molecule has 5 heterocycles. The monoisotopic (exact) mass is 384 g/mol. The number of nitrogens with one attached hydrogen (secondary N) is 1. The molecular formula is C22H20N6O. The third-order valence-corrected chi connectivity index (χ3v) is 5.65. The van der Waals surface area contributed by atoms with Gasteiger partial charge in [0.25, 0.3) is 0 Å². The lowest BCUT2D eigenvalue weighted by Crippen LogP contribution is -2.40. The number of rotatable bonds is 3. The molecule has 5 rings (SSSR count). The van der Waals surface area contributed by atoms with Gasteiger partial charge in [-0.2, -0.15) is 5.26 Å². The number of carbonyl (C=O) groups excluding carboxylic acids is 1. The number of carbonyl (C=O) groups is 1. The van der Waals surface area contributed by atoms with Crippen molar-refractivity contribution in [2.45, 2.75) is 25.3 Å². The van der Waals surface area contributed by atoms with Gasteiger partial charge < -0.3 is 14.5 Å². The number of amides is 1. The molecule has 7 heteroatoms. The number of hydrogen-bond donors (Lipinski definition) is 1. The molecule has 1 atom stereocenters. The molecule has 0 bridgehead atoms. The molecule has 1 aliphatic rings. The number of H-pyrrole nitrogens is 1. The van der Waals surface area contributed by atoms with Crippen LogP contribution in [0.5, 0.6) is 0 Å². The van der Waals surface area contributed by atoms with E-state index in [9.17, 15) is 4.79 Å². The molecule has 144 valence electrons. The van der Waals surface area contributed by atoms with Crippen LogP contribution in [-0.2, 0) is 4.79 Å². The van der Waals surface area contributed by atoms with Crippen LogP contribution in [0.25, 0.3) is 33.3 Å². The van der Waals surface area contributed by atoms with Crippen molar-refractivity contribution in [3.05, 3.63) is 48.9 Å². The molecule has 0 radical (unpaired) electrons. The van der Waals surface area contributed by atoms with Gasteiger partial charge in [-0.15, -0.1) is 0 Å². The van der Waals surface area contributed by atoms with Gasteiger partial charge in [0.2, 0.25) is 5.91 Å². The van der Waals surface area contributed by atoms with Crippen molar-refractivity contribution in [3.8, 4) is 17.5 Å². The minimum atomic E-state index is -0.0958. The summed E-state index contributed by atoms with van der Waals surface area (Å²) in [7, 11) is 0. The van der Waals surface area contributed by atoms with Gasteiger partial charge in [-0.25, -0.2) is 4.98 Å². The highest BCUT2D eigenvalue weighted by Crippen LogP contribution is 2.36. The van der Waals surface area contributed by atoms with Gasteiger partial charge in [0.15, 0.2) is 0 Å². The number of likely N-dealkylation sites (tertiary alicyclic amines) is 1. The summed E-state index contributed by atoms with van der Waals surface area (Å²) in [6, 6.07) is 12.2. The molecular weight excluding hydrogens is 364 g/mol. The summed E-state index contributed by atoms with van der Waals surface area (Å²) in [5.41, 5.74) is 3.87. The largest absolute Gasteiger partial charge is 0.346 e. The zero-order valence-corrected chi connectivity index (χ0v) is 15.9. The van der Waals surface area contributed by atoms with E-state index in [4.69, 9.17) is 5.26 Å². The topological polar surface area (TPSA) is 90.6 Å². The van der Waals surface area contributed by atoms with Crippen LogP contribution in [0.1, 0.15) is 25.3 Å². The molecule has 0 saturated carbocycles. The zero-order chi connectivity index (χ0) is 19.8. The first kappa shape index (κ1) is 17.4. The van der Waals surface area contributed by atoms with Gasteiger partial charge in [-0.1, -0.05) is 6.07 Å². The van der Waals surface area contributed by atoms with Crippen molar-refractivity contribution < 1.29 is 4.79 Å². The Kier molecular flexibility index (Phi) is 4.24. The van der Waals surface area contributed by atoms with Gasteiger partial charge in [0.1, 0.15) is 12.1 Å². The number of nitrogens with zero attached hydrogens (tertiary/aromatic N) is 5. The lowest BCUT2D eigenvalue weighted by atomic mass is 10.0. The van der Waals surface area contributed by atoms with Crippen LogP contribution in [0.15, 0.2) is 48.9 Å². The summed E-state index contributed by atoms with van der Waals surface area (Å²) in [4.78, 5) is 26.5. The second kappa shape index (κ2) is 7.06. The van der Waals surface area contributed by atoms with Crippen molar-refractivity contribution in [3.63, 3.8) is 0 Å². The maximum absolute atomic E-state index is 12.4. The summed E-state index contributed by atoms with van der Waals surface area (Å²) in [5, 5.41) is 11.0. The molecule has 1 aliphatic heterocycles. The van der Waals surface area contributed by atoms with Crippen LogP contribution >= 0.6 is 0 Å². The summed E-state index contributed by atoms with van der Waals surface area (Å²) >= 11 is 0. The second-order valence-electron chi connectivity index (χ2n) is 7.39. The molecule has 1 fully saturated rings. The van der Waals surface area contributed by atoms with Crippen LogP contribution in [-0.4, -0.2) is 43.4 Å². The minimum Gasteiger partial charge on any atom is -0.346 e. The van der Waals surface area contributed by atoms with Gasteiger partial charge in [0, 0.05) is 42.5 Å². The number of aromatic nitrogens is 4. The molecule has 0 aromatic carbocycles. The second-order valence-corrected chi connectivity index (χ2v) is 7.39. The summed E-state index contributed by atoms with van der Waals surface area (Å²) in [5.74, 6) is -0.0958. The van der Waals surface area contributed by atoms with Crippen molar-refractivity contribution >= 4 is 27.8 Å². The Bertz CT molecular complexity index is 1230. The normalized spacial score (nSPS) is 16.9. The molecule has 29 heavy (non-hydrogen) atoms. The molecule has 1 N–H and O–H groups in total. The smallest absolute Gasteiger partial charge is 0.236 e. The third-order valence-electron chi connectivity index (χ3n) is 5.65. The highest BCUT2D eigenvalue weighted by molar-refractivity contribution is 6.04. The lowest BCUT2D eigenvalue weighted by Gasteiger charge is -2.34. The SMILES string of the molecule is N#CCC(=O)N1CCC[C@@H](n2c(-c3ccccn3)cc3cnc4[nH]ccc4c32)C1. The van der Waals surface area contributed by atoms with Crippen molar-refractivity contribution in [1.82, 2.24) is 24.4 Å². The Morgan fingerprint density at radius 3 is 3.07 bits per heavy atom. The number of nitriles is 1. The summed E-state index contributed by atoms with van der Waals surface area (Å²) in [6.45, 7) is 1.30. The van der Waals surface area contributed by atoms with Gasteiger partial charge >= 0.3 is 0 Å². The quantitative estimate of drug-likeness (QED) is 0.584.